The van der Waals surface area contributed by atoms with Gasteiger partial charge in [0.25, 0.3) is 0 Å². The number of hydrogen-bond donors (Lipinski definition) is 4. The van der Waals surface area contributed by atoms with Gasteiger partial charge >= 0.3 is 11.8 Å². The maximum absolute atomic E-state index is 12.0. The maximum atomic E-state index is 12.0. The Kier molecular flexibility index (Phi) is 4.82. The van der Waals surface area contributed by atoms with Crippen molar-refractivity contribution in [2.75, 3.05) is 11.9 Å². The van der Waals surface area contributed by atoms with Crippen LogP contribution in [-0.2, 0) is 20.9 Å². The van der Waals surface area contributed by atoms with Gasteiger partial charge in [0, 0.05) is 30.3 Å². The van der Waals surface area contributed by atoms with Crippen LogP contribution < -0.4 is 16.0 Å². The molecule has 2 amide bonds. The van der Waals surface area contributed by atoms with E-state index in [4.69, 9.17) is 4.74 Å². The summed E-state index contributed by atoms with van der Waals surface area (Å²) in [4.78, 5) is 24.0. The summed E-state index contributed by atoms with van der Waals surface area (Å²) >= 11 is 0. The number of benzene rings is 1. The minimum Gasteiger partial charge on any atom is -0.389 e. The highest BCUT2D eigenvalue weighted by Crippen LogP contribution is 2.39. The number of carbonyl (C=O) groups excluding carboxylic acids is 2. The van der Waals surface area contributed by atoms with Crippen molar-refractivity contribution < 1.29 is 19.4 Å². The molecule has 2 fully saturated rings. The zero-order chi connectivity index (χ0) is 18.1. The Balaban J connectivity index is 1.36. The predicted molar refractivity (Wildman–Crippen MR) is 95.4 cm³/mol. The first-order valence-electron chi connectivity index (χ1n) is 9.38. The number of rotatable bonds is 3. The second kappa shape index (κ2) is 7.25. The lowest BCUT2D eigenvalue weighted by Crippen LogP contribution is -2.46. The molecule has 1 aromatic carbocycles. The number of ether oxygens (including phenoxy) is 1. The normalized spacial score (nSPS) is 27.3. The van der Waals surface area contributed by atoms with E-state index in [1.165, 1.54) is 0 Å². The Labute approximate surface area is 152 Å². The summed E-state index contributed by atoms with van der Waals surface area (Å²) in [6.45, 7) is 0.618. The minimum absolute atomic E-state index is 0.0195. The van der Waals surface area contributed by atoms with Crippen molar-refractivity contribution in [2.45, 2.75) is 62.9 Å². The topological polar surface area (TPSA) is 99.7 Å². The highest BCUT2D eigenvalue weighted by atomic mass is 16.5. The van der Waals surface area contributed by atoms with Crippen LogP contribution in [-0.4, -0.2) is 41.7 Å². The van der Waals surface area contributed by atoms with Crippen LogP contribution in [0.15, 0.2) is 18.2 Å². The van der Waals surface area contributed by atoms with Gasteiger partial charge in [0.05, 0.1) is 24.9 Å². The van der Waals surface area contributed by atoms with Crippen LogP contribution in [0.5, 0.6) is 0 Å². The van der Waals surface area contributed by atoms with E-state index < -0.39 is 17.9 Å². The molecule has 26 heavy (non-hydrogen) atoms. The molecule has 7 nitrogen and oxygen atoms in total. The van der Waals surface area contributed by atoms with Gasteiger partial charge in [-0.1, -0.05) is 18.9 Å². The first-order chi connectivity index (χ1) is 12.6. The zero-order valence-electron chi connectivity index (χ0n) is 14.7. The summed E-state index contributed by atoms with van der Waals surface area (Å²) < 4.78 is 5.74. The van der Waals surface area contributed by atoms with Crippen molar-refractivity contribution in [3.05, 3.63) is 29.3 Å². The van der Waals surface area contributed by atoms with Gasteiger partial charge < -0.3 is 25.8 Å². The van der Waals surface area contributed by atoms with E-state index in [1.54, 1.807) is 0 Å². The number of hydrogen-bond acceptors (Lipinski definition) is 5. The Morgan fingerprint density at radius 3 is 2.85 bits per heavy atom. The van der Waals surface area contributed by atoms with Crippen LogP contribution in [0.4, 0.5) is 5.69 Å². The van der Waals surface area contributed by atoms with E-state index in [9.17, 15) is 14.7 Å². The molecule has 2 aliphatic heterocycles. The average Bonchev–Trinajstić information content (AvgIpc) is 3.16. The van der Waals surface area contributed by atoms with Crippen LogP contribution in [0.25, 0.3) is 0 Å². The third-order valence-electron chi connectivity index (χ3n) is 5.55. The second-order valence-electron chi connectivity index (χ2n) is 7.43. The number of amides is 2. The molecule has 1 saturated carbocycles. The average molecular weight is 359 g/mol. The fourth-order valence-electron chi connectivity index (χ4n) is 4.06. The molecule has 4 N–H and O–H groups in total. The monoisotopic (exact) mass is 359 g/mol. The van der Waals surface area contributed by atoms with Crippen molar-refractivity contribution in [3.8, 4) is 0 Å². The first kappa shape index (κ1) is 17.3. The molecule has 0 aromatic heterocycles. The molecular formula is C19H25N3O4. The predicted octanol–water partition coefficient (Wildman–Crippen LogP) is 0.978. The Bertz CT molecular complexity index is 702. The molecule has 140 valence electrons. The van der Waals surface area contributed by atoms with E-state index in [0.717, 1.165) is 48.9 Å². The standard InChI is InChI=1S/C19H25N3O4/c23-16-10-26-17-8-15(16)22-14-6-5-11(7-13(14)17)9-20-18(24)19(25)21-12-3-1-2-4-12/h5-7,12,15-17,22-23H,1-4,8-10H2,(H,20,24)(H,21,25)/t15-,16-,17+/m1/s1. The maximum Gasteiger partial charge on any atom is 0.309 e. The minimum atomic E-state index is -0.593. The molecule has 0 radical (unpaired) electrons. The summed E-state index contributed by atoms with van der Waals surface area (Å²) in [7, 11) is 0. The van der Waals surface area contributed by atoms with Gasteiger partial charge in [-0.3, -0.25) is 9.59 Å². The zero-order valence-corrected chi connectivity index (χ0v) is 14.7. The third-order valence-corrected chi connectivity index (χ3v) is 5.55. The largest absolute Gasteiger partial charge is 0.389 e. The van der Waals surface area contributed by atoms with Crippen molar-refractivity contribution in [3.63, 3.8) is 0 Å². The lowest BCUT2D eigenvalue weighted by molar-refractivity contribution is -0.139. The number of carbonyl (C=O) groups is 2. The van der Waals surface area contributed by atoms with Crippen LogP contribution in [0.1, 0.15) is 49.3 Å². The van der Waals surface area contributed by atoms with Gasteiger partial charge in [-0.05, 0) is 30.5 Å². The van der Waals surface area contributed by atoms with Gasteiger partial charge in [-0.15, -0.1) is 0 Å². The van der Waals surface area contributed by atoms with E-state index in [0.29, 0.717) is 13.2 Å². The lowest BCUT2D eigenvalue weighted by atomic mass is 9.89. The Morgan fingerprint density at radius 2 is 2.04 bits per heavy atom. The van der Waals surface area contributed by atoms with Crippen LogP contribution in [0, 0.1) is 0 Å². The number of anilines is 1. The van der Waals surface area contributed by atoms with Gasteiger partial charge in [0.2, 0.25) is 0 Å². The van der Waals surface area contributed by atoms with Gasteiger partial charge in [-0.25, -0.2) is 0 Å². The Morgan fingerprint density at radius 1 is 1.23 bits per heavy atom. The van der Waals surface area contributed by atoms with Crippen molar-refractivity contribution >= 4 is 17.5 Å². The SMILES string of the molecule is O=C(NCc1ccc2c(c1)[C@@H]1C[C@@H](N2)[C@H](O)CO1)C(=O)NC1CCCC1. The van der Waals surface area contributed by atoms with E-state index >= 15 is 0 Å². The molecule has 7 heteroatoms. The first-order valence-corrected chi connectivity index (χ1v) is 9.38. The number of nitrogens with one attached hydrogen (secondary N) is 3. The number of aliphatic hydroxyl groups is 1. The summed E-state index contributed by atoms with van der Waals surface area (Å²) in [5.41, 5.74) is 2.91. The summed E-state index contributed by atoms with van der Waals surface area (Å²) in [5, 5.41) is 18.8. The fourth-order valence-corrected chi connectivity index (χ4v) is 4.06. The number of aliphatic hydroxyl groups excluding tert-OH is 1. The summed E-state index contributed by atoms with van der Waals surface area (Å²) in [5.74, 6) is -1.14. The molecule has 3 atom stereocenters. The summed E-state index contributed by atoms with van der Waals surface area (Å²) in [6, 6.07) is 6.00. The van der Waals surface area contributed by atoms with Crippen LogP contribution >= 0.6 is 0 Å². The fraction of sp³-hybridized carbons (Fsp3) is 0.579. The second-order valence-corrected chi connectivity index (χ2v) is 7.43. The quantitative estimate of drug-likeness (QED) is 0.603. The van der Waals surface area contributed by atoms with E-state index in [-0.39, 0.29) is 18.2 Å². The molecule has 2 bridgehead atoms. The molecule has 3 aliphatic rings. The molecule has 1 saturated heterocycles. The Hall–Kier alpha value is -2.12. The van der Waals surface area contributed by atoms with Gasteiger partial charge in [0.15, 0.2) is 0 Å². The molecule has 1 aliphatic carbocycles. The van der Waals surface area contributed by atoms with E-state index in [2.05, 4.69) is 16.0 Å². The van der Waals surface area contributed by atoms with Crippen LogP contribution in [0.3, 0.4) is 0 Å². The van der Waals surface area contributed by atoms with Gasteiger partial charge in [-0.2, -0.15) is 0 Å². The molecular weight excluding hydrogens is 334 g/mol. The molecule has 2 heterocycles. The highest BCUT2D eigenvalue weighted by molar-refractivity contribution is 6.35. The van der Waals surface area contributed by atoms with E-state index in [1.807, 2.05) is 18.2 Å². The lowest BCUT2D eigenvalue weighted by Gasteiger charge is -2.40. The van der Waals surface area contributed by atoms with Crippen molar-refractivity contribution in [2.24, 2.45) is 0 Å². The molecule has 0 unspecified atom stereocenters. The third kappa shape index (κ3) is 3.54. The smallest absolute Gasteiger partial charge is 0.309 e. The highest BCUT2D eigenvalue weighted by Gasteiger charge is 2.36. The van der Waals surface area contributed by atoms with Crippen molar-refractivity contribution in [1.82, 2.24) is 10.6 Å². The molecule has 1 aromatic rings. The number of fused-ring (bicyclic) bond motifs is 4. The molecule has 0 spiro atoms. The van der Waals surface area contributed by atoms with Crippen molar-refractivity contribution in [1.29, 1.82) is 0 Å². The summed E-state index contributed by atoms with van der Waals surface area (Å²) in [6.07, 6.45) is 4.32. The van der Waals surface area contributed by atoms with Crippen LogP contribution in [0.2, 0.25) is 0 Å². The van der Waals surface area contributed by atoms with Gasteiger partial charge in [0.1, 0.15) is 0 Å². The molecule has 4 rings (SSSR count).